The fourth-order valence-corrected chi connectivity index (χ4v) is 3.54. The number of hydrogen-bond acceptors (Lipinski definition) is 3. The van der Waals surface area contributed by atoms with Crippen molar-refractivity contribution in [2.24, 2.45) is 17.8 Å². The van der Waals surface area contributed by atoms with Crippen LogP contribution in [-0.2, 0) is 0 Å². The van der Waals surface area contributed by atoms with E-state index in [9.17, 15) is 0 Å². The van der Waals surface area contributed by atoms with E-state index in [0.29, 0.717) is 11.8 Å². The van der Waals surface area contributed by atoms with Crippen LogP contribution in [0, 0.1) is 17.8 Å². The summed E-state index contributed by atoms with van der Waals surface area (Å²) in [5.74, 6) is 3.79. The molecule has 1 fully saturated rings. The number of hydrogen-bond donors (Lipinski definition) is 1. The Balaban J connectivity index is 2.21. The first kappa shape index (κ1) is 15.3. The molecule has 0 saturated heterocycles. The molecule has 0 bridgehead atoms. The molecule has 20 heavy (non-hydrogen) atoms. The van der Waals surface area contributed by atoms with Crippen molar-refractivity contribution in [3.05, 3.63) is 24.0 Å². The summed E-state index contributed by atoms with van der Waals surface area (Å²) in [4.78, 5) is 4.35. The van der Waals surface area contributed by atoms with E-state index in [1.54, 1.807) is 13.3 Å². The highest BCUT2D eigenvalue weighted by atomic mass is 16.5. The third-order valence-corrected chi connectivity index (χ3v) is 4.84. The number of nitrogens with one attached hydrogen (secondary N) is 1. The minimum atomic E-state index is 0.603. The average molecular weight is 276 g/mol. The maximum Gasteiger partial charge on any atom is 0.137 e. The summed E-state index contributed by atoms with van der Waals surface area (Å²) in [6.45, 7) is 5.79. The van der Waals surface area contributed by atoms with E-state index in [1.807, 2.05) is 6.20 Å². The molecule has 0 aliphatic heterocycles. The molecule has 3 unspecified atom stereocenters. The summed E-state index contributed by atoms with van der Waals surface area (Å²) in [5.41, 5.74) is 1.34. The van der Waals surface area contributed by atoms with E-state index < -0.39 is 0 Å². The Morgan fingerprint density at radius 3 is 2.80 bits per heavy atom. The van der Waals surface area contributed by atoms with Gasteiger partial charge in [0.15, 0.2) is 0 Å². The molecule has 0 amide bonds. The van der Waals surface area contributed by atoms with Crippen molar-refractivity contribution in [1.29, 1.82) is 0 Å². The van der Waals surface area contributed by atoms with E-state index in [4.69, 9.17) is 4.74 Å². The lowest BCUT2D eigenvalue weighted by atomic mass is 9.68. The molecule has 3 atom stereocenters. The lowest BCUT2D eigenvalue weighted by molar-refractivity contribution is 0.192. The van der Waals surface area contributed by atoms with Gasteiger partial charge in [-0.1, -0.05) is 13.8 Å². The molecule has 0 aromatic carbocycles. The second-order valence-corrected chi connectivity index (χ2v) is 6.40. The van der Waals surface area contributed by atoms with Crippen molar-refractivity contribution in [2.45, 2.75) is 39.0 Å². The SMILES string of the molecule is CNCC1CCC(C(C)C)CC1c1cncc(OC)c1. The first-order valence-electron chi connectivity index (χ1n) is 7.79. The lowest BCUT2D eigenvalue weighted by Gasteiger charge is -2.38. The zero-order valence-corrected chi connectivity index (χ0v) is 13.2. The largest absolute Gasteiger partial charge is 0.495 e. The van der Waals surface area contributed by atoms with Crippen LogP contribution in [0.1, 0.15) is 44.6 Å². The van der Waals surface area contributed by atoms with Crippen molar-refractivity contribution >= 4 is 0 Å². The summed E-state index contributed by atoms with van der Waals surface area (Å²) < 4.78 is 5.34. The second kappa shape index (κ2) is 7.07. The van der Waals surface area contributed by atoms with Gasteiger partial charge < -0.3 is 10.1 Å². The molecule has 2 rings (SSSR count). The number of aromatic nitrogens is 1. The highest BCUT2D eigenvalue weighted by molar-refractivity contribution is 5.27. The molecular formula is C17H28N2O. The van der Waals surface area contributed by atoms with Gasteiger partial charge in [0.1, 0.15) is 5.75 Å². The van der Waals surface area contributed by atoms with Crippen molar-refractivity contribution in [2.75, 3.05) is 20.7 Å². The zero-order chi connectivity index (χ0) is 14.5. The second-order valence-electron chi connectivity index (χ2n) is 6.40. The Hall–Kier alpha value is -1.09. The molecular weight excluding hydrogens is 248 g/mol. The number of nitrogens with zero attached hydrogens (tertiary/aromatic N) is 1. The Bertz CT molecular complexity index is 419. The van der Waals surface area contributed by atoms with Crippen LogP contribution >= 0.6 is 0 Å². The van der Waals surface area contributed by atoms with Crippen LogP contribution in [0.2, 0.25) is 0 Å². The molecule has 3 heteroatoms. The molecule has 3 nitrogen and oxygen atoms in total. The van der Waals surface area contributed by atoms with Gasteiger partial charge in [-0.25, -0.2) is 0 Å². The maximum atomic E-state index is 5.34. The smallest absolute Gasteiger partial charge is 0.137 e. The van der Waals surface area contributed by atoms with Crippen LogP contribution in [0.5, 0.6) is 5.75 Å². The fourth-order valence-electron chi connectivity index (χ4n) is 3.54. The highest BCUT2D eigenvalue weighted by Crippen LogP contribution is 2.43. The number of rotatable bonds is 5. The monoisotopic (exact) mass is 276 g/mol. The third kappa shape index (κ3) is 3.51. The van der Waals surface area contributed by atoms with Crippen LogP contribution in [0.15, 0.2) is 18.5 Å². The Kier molecular flexibility index (Phi) is 5.41. The average Bonchev–Trinajstić information content (AvgIpc) is 2.48. The molecule has 0 radical (unpaired) electrons. The zero-order valence-electron chi connectivity index (χ0n) is 13.2. The van der Waals surface area contributed by atoms with Crippen LogP contribution in [0.3, 0.4) is 0 Å². The normalized spacial score (nSPS) is 26.8. The first-order valence-corrected chi connectivity index (χ1v) is 7.79. The van der Waals surface area contributed by atoms with Gasteiger partial charge in [0.05, 0.1) is 13.3 Å². The highest BCUT2D eigenvalue weighted by Gasteiger charge is 2.32. The van der Waals surface area contributed by atoms with Crippen LogP contribution in [0.4, 0.5) is 0 Å². The van der Waals surface area contributed by atoms with Gasteiger partial charge in [-0.2, -0.15) is 0 Å². The van der Waals surface area contributed by atoms with Gasteiger partial charge in [0, 0.05) is 6.20 Å². The van der Waals surface area contributed by atoms with Crippen molar-refractivity contribution < 1.29 is 4.74 Å². The van der Waals surface area contributed by atoms with Crippen LogP contribution < -0.4 is 10.1 Å². The molecule has 1 aliphatic rings. The Morgan fingerprint density at radius 2 is 2.15 bits per heavy atom. The summed E-state index contributed by atoms with van der Waals surface area (Å²) >= 11 is 0. The van der Waals surface area contributed by atoms with Gasteiger partial charge in [-0.3, -0.25) is 4.98 Å². The Labute approximate surface area is 123 Å². The summed E-state index contributed by atoms with van der Waals surface area (Å²) in [6, 6.07) is 2.17. The predicted octanol–water partition coefficient (Wildman–Crippen LogP) is 3.47. The third-order valence-electron chi connectivity index (χ3n) is 4.84. The molecule has 1 N–H and O–H groups in total. The molecule has 0 spiro atoms. The van der Waals surface area contributed by atoms with Crippen LogP contribution in [-0.4, -0.2) is 25.7 Å². The minimum Gasteiger partial charge on any atom is -0.495 e. The quantitative estimate of drug-likeness (QED) is 0.894. The van der Waals surface area contributed by atoms with E-state index in [0.717, 1.165) is 24.1 Å². The first-order chi connectivity index (χ1) is 9.65. The topological polar surface area (TPSA) is 34.2 Å². The lowest BCUT2D eigenvalue weighted by Crippen LogP contribution is -2.32. The van der Waals surface area contributed by atoms with E-state index in [2.05, 4.69) is 37.3 Å². The number of pyridine rings is 1. The number of ether oxygens (including phenoxy) is 1. The van der Waals surface area contributed by atoms with Crippen molar-refractivity contribution in [3.8, 4) is 5.75 Å². The van der Waals surface area contributed by atoms with Crippen molar-refractivity contribution in [3.63, 3.8) is 0 Å². The summed E-state index contributed by atoms with van der Waals surface area (Å²) in [5, 5.41) is 3.36. The van der Waals surface area contributed by atoms with Gasteiger partial charge in [0.2, 0.25) is 0 Å². The van der Waals surface area contributed by atoms with E-state index >= 15 is 0 Å². The Morgan fingerprint density at radius 1 is 1.35 bits per heavy atom. The minimum absolute atomic E-state index is 0.603. The molecule has 1 aliphatic carbocycles. The molecule has 1 aromatic rings. The van der Waals surface area contributed by atoms with Gasteiger partial charge in [-0.15, -0.1) is 0 Å². The fraction of sp³-hybridized carbons (Fsp3) is 0.706. The molecule has 1 aromatic heterocycles. The summed E-state index contributed by atoms with van der Waals surface area (Å²) in [7, 11) is 3.76. The van der Waals surface area contributed by atoms with Crippen molar-refractivity contribution in [1.82, 2.24) is 10.3 Å². The van der Waals surface area contributed by atoms with E-state index in [1.165, 1.54) is 24.8 Å². The van der Waals surface area contributed by atoms with Gasteiger partial charge >= 0.3 is 0 Å². The van der Waals surface area contributed by atoms with Gasteiger partial charge in [-0.05, 0) is 68.2 Å². The standard InChI is InChI=1S/C17H28N2O/c1-12(2)13-5-6-14(9-18-3)17(8-13)15-7-16(20-4)11-19-10-15/h7,10-14,17-18H,5-6,8-9H2,1-4H3. The number of methoxy groups -OCH3 is 1. The van der Waals surface area contributed by atoms with Crippen LogP contribution in [0.25, 0.3) is 0 Å². The van der Waals surface area contributed by atoms with Gasteiger partial charge in [0.25, 0.3) is 0 Å². The van der Waals surface area contributed by atoms with E-state index in [-0.39, 0.29) is 0 Å². The predicted molar refractivity (Wildman–Crippen MR) is 83.1 cm³/mol. The summed E-state index contributed by atoms with van der Waals surface area (Å²) in [6.07, 6.45) is 7.76. The molecule has 1 saturated carbocycles. The molecule has 1 heterocycles. The molecule has 112 valence electrons. The maximum absolute atomic E-state index is 5.34.